The first-order valence-corrected chi connectivity index (χ1v) is 7.01. The first-order valence-electron chi connectivity index (χ1n) is 6.63. The number of nitrogens with two attached hydrogens (primary N) is 1. The summed E-state index contributed by atoms with van der Waals surface area (Å²) < 4.78 is 0. The Morgan fingerprint density at radius 3 is 2.84 bits per heavy atom. The lowest BCUT2D eigenvalue weighted by atomic mass is 10.0. The quantitative estimate of drug-likeness (QED) is 0.877. The van der Waals surface area contributed by atoms with Gasteiger partial charge in [-0.25, -0.2) is 0 Å². The Labute approximate surface area is 118 Å². The van der Waals surface area contributed by atoms with Gasteiger partial charge in [-0.1, -0.05) is 23.7 Å². The molecule has 1 saturated heterocycles. The molecule has 0 bridgehead atoms. The maximum absolute atomic E-state index is 11.3. The van der Waals surface area contributed by atoms with Crippen LogP contribution in [0.25, 0.3) is 0 Å². The van der Waals surface area contributed by atoms with E-state index in [1.165, 1.54) is 5.56 Å². The van der Waals surface area contributed by atoms with Crippen LogP contribution in [0.3, 0.4) is 0 Å². The van der Waals surface area contributed by atoms with Gasteiger partial charge in [0.2, 0.25) is 5.91 Å². The first-order chi connectivity index (χ1) is 9.17. The number of nitrogens with one attached hydrogen (secondary N) is 1. The third-order valence-electron chi connectivity index (χ3n) is 3.38. The topological polar surface area (TPSA) is 58.4 Å². The molecule has 0 unspecified atom stereocenters. The average molecular weight is 282 g/mol. The number of hydrogen-bond donors (Lipinski definition) is 2. The molecule has 19 heavy (non-hydrogen) atoms. The van der Waals surface area contributed by atoms with Gasteiger partial charge in [-0.15, -0.1) is 0 Å². The Hall–Kier alpha value is -1.10. The number of piperidine rings is 1. The summed E-state index contributed by atoms with van der Waals surface area (Å²) >= 11 is 5.88. The molecule has 0 saturated carbocycles. The van der Waals surface area contributed by atoms with Crippen LogP contribution in [0, 0.1) is 0 Å². The Bertz CT molecular complexity index is 421. The maximum Gasteiger partial charge on any atom is 0.233 e. The molecule has 1 atom stereocenters. The highest BCUT2D eigenvalue weighted by Gasteiger charge is 2.20. The summed E-state index contributed by atoms with van der Waals surface area (Å²) in [5, 5.41) is 3.73. The molecule has 3 N–H and O–H groups in total. The third-order valence-corrected chi connectivity index (χ3v) is 3.63. The van der Waals surface area contributed by atoms with Gasteiger partial charge in [-0.3, -0.25) is 9.69 Å². The molecule has 1 amide bonds. The van der Waals surface area contributed by atoms with Crippen LogP contribution in [0.2, 0.25) is 5.02 Å². The van der Waals surface area contributed by atoms with Crippen molar-refractivity contribution < 1.29 is 4.79 Å². The van der Waals surface area contributed by atoms with Gasteiger partial charge in [0, 0.05) is 24.2 Å². The van der Waals surface area contributed by atoms with Crippen LogP contribution in [0.1, 0.15) is 18.4 Å². The molecule has 1 heterocycles. The zero-order chi connectivity index (χ0) is 13.7. The molecule has 1 fully saturated rings. The second kappa shape index (κ2) is 6.89. The van der Waals surface area contributed by atoms with Crippen molar-refractivity contribution in [2.45, 2.75) is 25.4 Å². The number of benzene rings is 1. The fourth-order valence-electron chi connectivity index (χ4n) is 2.45. The van der Waals surface area contributed by atoms with Gasteiger partial charge in [-0.2, -0.15) is 0 Å². The summed E-state index contributed by atoms with van der Waals surface area (Å²) in [7, 11) is 0. The molecule has 1 aliphatic heterocycles. The van der Waals surface area contributed by atoms with Crippen molar-refractivity contribution in [1.29, 1.82) is 0 Å². The molecule has 5 heteroatoms. The summed E-state index contributed by atoms with van der Waals surface area (Å²) in [5.41, 5.74) is 6.57. The van der Waals surface area contributed by atoms with Gasteiger partial charge in [0.15, 0.2) is 0 Å². The summed E-state index contributed by atoms with van der Waals surface area (Å²) in [6.07, 6.45) is 2.13. The number of likely N-dealkylation sites (tertiary alicyclic amines) is 1. The predicted molar refractivity (Wildman–Crippen MR) is 76.9 cm³/mol. The van der Waals surface area contributed by atoms with Gasteiger partial charge >= 0.3 is 0 Å². The predicted octanol–water partition coefficient (Wildman–Crippen LogP) is 1.38. The SMILES string of the molecule is NCC(=O)N[C@@H]1CCCN(Cc2ccc(Cl)cc2)C1. The molecule has 1 aliphatic rings. The van der Waals surface area contributed by atoms with E-state index in [4.69, 9.17) is 17.3 Å². The molecule has 1 aromatic carbocycles. The minimum absolute atomic E-state index is 0.0632. The maximum atomic E-state index is 11.3. The highest BCUT2D eigenvalue weighted by Crippen LogP contribution is 2.15. The lowest BCUT2D eigenvalue weighted by Gasteiger charge is -2.33. The van der Waals surface area contributed by atoms with E-state index in [2.05, 4.69) is 10.2 Å². The minimum atomic E-state index is -0.0710. The van der Waals surface area contributed by atoms with Crippen molar-refractivity contribution in [1.82, 2.24) is 10.2 Å². The van der Waals surface area contributed by atoms with Crippen molar-refractivity contribution in [3.63, 3.8) is 0 Å². The van der Waals surface area contributed by atoms with Crippen LogP contribution >= 0.6 is 11.6 Å². The summed E-state index contributed by atoms with van der Waals surface area (Å²) in [6.45, 7) is 2.91. The normalized spacial score (nSPS) is 20.2. The van der Waals surface area contributed by atoms with Crippen molar-refractivity contribution in [3.05, 3.63) is 34.9 Å². The number of nitrogens with zero attached hydrogens (tertiary/aromatic N) is 1. The smallest absolute Gasteiger partial charge is 0.233 e. The first kappa shape index (κ1) is 14.3. The summed E-state index contributed by atoms with van der Waals surface area (Å²) in [5.74, 6) is -0.0710. The van der Waals surface area contributed by atoms with Crippen LogP contribution in [-0.4, -0.2) is 36.5 Å². The molecule has 104 valence electrons. The summed E-state index contributed by atoms with van der Waals surface area (Å²) in [6, 6.07) is 8.13. The molecule has 0 radical (unpaired) electrons. The number of hydrogen-bond acceptors (Lipinski definition) is 3. The second-order valence-corrected chi connectivity index (χ2v) is 5.41. The van der Waals surface area contributed by atoms with E-state index in [1.54, 1.807) is 0 Å². The fraction of sp³-hybridized carbons (Fsp3) is 0.500. The van der Waals surface area contributed by atoms with E-state index in [9.17, 15) is 4.79 Å². The molecule has 0 spiro atoms. The van der Waals surface area contributed by atoms with Crippen LogP contribution in [0.15, 0.2) is 24.3 Å². The minimum Gasteiger partial charge on any atom is -0.351 e. The largest absolute Gasteiger partial charge is 0.351 e. The van der Waals surface area contributed by atoms with E-state index in [0.29, 0.717) is 0 Å². The summed E-state index contributed by atoms with van der Waals surface area (Å²) in [4.78, 5) is 13.7. The van der Waals surface area contributed by atoms with Crippen molar-refractivity contribution in [2.75, 3.05) is 19.6 Å². The number of amides is 1. The fourth-order valence-corrected chi connectivity index (χ4v) is 2.58. The molecular weight excluding hydrogens is 262 g/mol. The zero-order valence-electron chi connectivity index (χ0n) is 10.9. The lowest BCUT2D eigenvalue weighted by molar-refractivity contribution is -0.120. The van der Waals surface area contributed by atoms with Crippen LogP contribution in [-0.2, 0) is 11.3 Å². The third kappa shape index (κ3) is 4.49. The molecule has 4 nitrogen and oxygen atoms in total. The molecule has 0 aromatic heterocycles. The van der Waals surface area contributed by atoms with E-state index in [0.717, 1.165) is 37.5 Å². The second-order valence-electron chi connectivity index (χ2n) is 4.97. The van der Waals surface area contributed by atoms with Gasteiger partial charge in [0.05, 0.1) is 6.54 Å². The Balaban J connectivity index is 1.87. The van der Waals surface area contributed by atoms with Gasteiger partial charge in [-0.05, 0) is 37.1 Å². The van der Waals surface area contributed by atoms with Gasteiger partial charge in [0.1, 0.15) is 0 Å². The number of carbonyl (C=O) groups excluding carboxylic acids is 1. The van der Waals surface area contributed by atoms with E-state index in [-0.39, 0.29) is 18.5 Å². The number of rotatable bonds is 4. The zero-order valence-corrected chi connectivity index (χ0v) is 11.7. The number of carbonyl (C=O) groups is 1. The van der Waals surface area contributed by atoms with Crippen molar-refractivity contribution in [2.24, 2.45) is 5.73 Å². The average Bonchev–Trinajstić information content (AvgIpc) is 2.42. The molecule has 2 rings (SSSR count). The Morgan fingerprint density at radius 1 is 1.42 bits per heavy atom. The lowest BCUT2D eigenvalue weighted by Crippen LogP contribution is -2.48. The van der Waals surface area contributed by atoms with E-state index in [1.807, 2.05) is 24.3 Å². The highest BCUT2D eigenvalue weighted by atomic mass is 35.5. The van der Waals surface area contributed by atoms with Gasteiger partial charge in [0.25, 0.3) is 0 Å². The molecule has 1 aromatic rings. The monoisotopic (exact) mass is 281 g/mol. The Morgan fingerprint density at radius 2 is 2.16 bits per heavy atom. The Kier molecular flexibility index (Phi) is 5.19. The standard InChI is InChI=1S/C14H20ClN3O/c15-12-5-3-11(4-6-12)9-18-7-1-2-13(10-18)17-14(19)8-16/h3-6,13H,1-2,7-10,16H2,(H,17,19)/t13-/m1/s1. The van der Waals surface area contributed by atoms with Crippen molar-refractivity contribution in [3.8, 4) is 0 Å². The van der Waals surface area contributed by atoms with Crippen LogP contribution in [0.5, 0.6) is 0 Å². The molecule has 0 aliphatic carbocycles. The number of halogens is 1. The molecular formula is C14H20ClN3O. The van der Waals surface area contributed by atoms with Crippen LogP contribution in [0.4, 0.5) is 0 Å². The highest BCUT2D eigenvalue weighted by molar-refractivity contribution is 6.30. The van der Waals surface area contributed by atoms with E-state index >= 15 is 0 Å². The van der Waals surface area contributed by atoms with Crippen molar-refractivity contribution >= 4 is 17.5 Å². The van der Waals surface area contributed by atoms with E-state index < -0.39 is 0 Å². The van der Waals surface area contributed by atoms with Gasteiger partial charge < -0.3 is 11.1 Å². The van der Waals surface area contributed by atoms with Crippen LogP contribution < -0.4 is 11.1 Å².